The summed E-state index contributed by atoms with van der Waals surface area (Å²) in [7, 11) is 0. The Morgan fingerprint density at radius 1 is 1.04 bits per heavy atom. The molecule has 5 nitrogen and oxygen atoms in total. The summed E-state index contributed by atoms with van der Waals surface area (Å²) in [5.41, 5.74) is 7.85. The maximum Gasteiger partial charge on any atom is 0.225 e. The van der Waals surface area contributed by atoms with Crippen molar-refractivity contribution in [1.82, 2.24) is 9.97 Å². The van der Waals surface area contributed by atoms with Crippen LogP contribution in [-0.2, 0) is 6.42 Å². The number of aliphatic hydroxyl groups is 1. The number of nitrogens with one attached hydrogen (secondary N) is 1. The quantitative estimate of drug-likeness (QED) is 0.675. The first kappa shape index (κ1) is 15.2. The summed E-state index contributed by atoms with van der Waals surface area (Å²) in [6, 6.07) is 17.3. The summed E-state index contributed by atoms with van der Waals surface area (Å²) in [6.07, 6.45) is 0.0200. The van der Waals surface area contributed by atoms with Gasteiger partial charge in [-0.05, 0) is 24.6 Å². The minimum Gasteiger partial charge on any atom is -0.391 e. The molecule has 1 heterocycles. The number of rotatable bonds is 5. The lowest BCUT2D eigenvalue weighted by Gasteiger charge is -2.20. The maximum absolute atomic E-state index is 10.4. The summed E-state index contributed by atoms with van der Waals surface area (Å²) < 4.78 is 0. The summed E-state index contributed by atoms with van der Waals surface area (Å²) in [6.45, 7) is 1.91. The molecule has 0 saturated carbocycles. The van der Waals surface area contributed by atoms with Gasteiger partial charge in [-0.2, -0.15) is 4.98 Å². The highest BCUT2D eigenvalue weighted by Crippen LogP contribution is 2.19. The third-order valence-electron chi connectivity index (χ3n) is 3.85. The van der Waals surface area contributed by atoms with Crippen LogP contribution in [0.15, 0.2) is 54.6 Å². The summed E-state index contributed by atoms with van der Waals surface area (Å²) in [5.74, 6) is 0.865. The molecule has 2 atom stereocenters. The van der Waals surface area contributed by atoms with Crippen LogP contribution < -0.4 is 11.1 Å². The predicted octanol–water partition coefficient (Wildman–Crippen LogP) is 2.62. The number of hydrogen-bond acceptors (Lipinski definition) is 5. The lowest BCUT2D eigenvalue weighted by molar-refractivity contribution is 0.158. The largest absolute Gasteiger partial charge is 0.391 e. The van der Waals surface area contributed by atoms with Crippen LogP contribution in [0.1, 0.15) is 12.5 Å². The van der Waals surface area contributed by atoms with Gasteiger partial charge in [-0.25, -0.2) is 4.98 Å². The van der Waals surface area contributed by atoms with Crippen molar-refractivity contribution in [2.24, 2.45) is 0 Å². The standard InChI is InChI=1S/C18H20N4O/c1-12(16(23)11-13-7-3-2-4-8-13)20-18-21-15-10-6-5-9-14(15)17(19)22-18/h2-10,12,16,23H,11H2,1H3,(H3,19,20,21,22)/t12-,16-/m0/s1. The fraction of sp³-hybridized carbons (Fsp3) is 0.222. The molecular weight excluding hydrogens is 288 g/mol. The van der Waals surface area contributed by atoms with E-state index in [1.165, 1.54) is 0 Å². The van der Waals surface area contributed by atoms with E-state index in [9.17, 15) is 5.11 Å². The smallest absolute Gasteiger partial charge is 0.225 e. The van der Waals surface area contributed by atoms with Crippen LogP contribution in [0.3, 0.4) is 0 Å². The van der Waals surface area contributed by atoms with E-state index in [4.69, 9.17) is 5.73 Å². The monoisotopic (exact) mass is 308 g/mol. The van der Waals surface area contributed by atoms with E-state index in [-0.39, 0.29) is 6.04 Å². The fourth-order valence-corrected chi connectivity index (χ4v) is 2.50. The molecule has 0 fully saturated rings. The molecular formula is C18H20N4O. The number of para-hydroxylation sites is 1. The van der Waals surface area contributed by atoms with Gasteiger partial charge in [0, 0.05) is 11.8 Å². The van der Waals surface area contributed by atoms with E-state index < -0.39 is 6.10 Å². The Morgan fingerprint density at radius 2 is 1.74 bits per heavy atom. The molecule has 0 aliphatic heterocycles. The van der Waals surface area contributed by atoms with Crippen molar-refractivity contribution in [3.05, 3.63) is 60.2 Å². The molecule has 0 amide bonds. The van der Waals surface area contributed by atoms with E-state index in [0.29, 0.717) is 18.2 Å². The molecule has 0 bridgehead atoms. The molecule has 23 heavy (non-hydrogen) atoms. The second kappa shape index (κ2) is 6.62. The van der Waals surface area contributed by atoms with Crippen molar-refractivity contribution in [1.29, 1.82) is 0 Å². The van der Waals surface area contributed by atoms with Gasteiger partial charge in [0.1, 0.15) is 5.82 Å². The first-order valence-corrected chi connectivity index (χ1v) is 7.64. The topological polar surface area (TPSA) is 84.1 Å². The molecule has 5 heteroatoms. The third-order valence-corrected chi connectivity index (χ3v) is 3.85. The van der Waals surface area contributed by atoms with Gasteiger partial charge >= 0.3 is 0 Å². The van der Waals surface area contributed by atoms with Gasteiger partial charge in [0.05, 0.1) is 17.7 Å². The number of aromatic nitrogens is 2. The van der Waals surface area contributed by atoms with Gasteiger partial charge in [-0.1, -0.05) is 42.5 Å². The average molecular weight is 308 g/mol. The van der Waals surface area contributed by atoms with Gasteiger partial charge < -0.3 is 16.2 Å². The van der Waals surface area contributed by atoms with Gasteiger partial charge in [0.25, 0.3) is 0 Å². The van der Waals surface area contributed by atoms with E-state index in [1.54, 1.807) is 0 Å². The second-order valence-corrected chi connectivity index (χ2v) is 5.64. The van der Waals surface area contributed by atoms with E-state index in [0.717, 1.165) is 16.5 Å². The number of nitrogens with two attached hydrogens (primary N) is 1. The zero-order chi connectivity index (χ0) is 16.2. The molecule has 0 saturated heterocycles. The fourth-order valence-electron chi connectivity index (χ4n) is 2.50. The number of anilines is 2. The van der Waals surface area contributed by atoms with Crippen LogP contribution in [-0.4, -0.2) is 27.2 Å². The second-order valence-electron chi connectivity index (χ2n) is 5.64. The molecule has 2 aromatic carbocycles. The van der Waals surface area contributed by atoms with Crippen LogP contribution in [0.2, 0.25) is 0 Å². The lowest BCUT2D eigenvalue weighted by atomic mass is 10.0. The van der Waals surface area contributed by atoms with Crippen LogP contribution in [0.4, 0.5) is 11.8 Å². The van der Waals surface area contributed by atoms with Crippen molar-refractivity contribution in [2.75, 3.05) is 11.1 Å². The van der Waals surface area contributed by atoms with Gasteiger partial charge in [-0.3, -0.25) is 0 Å². The third kappa shape index (κ3) is 3.57. The van der Waals surface area contributed by atoms with Crippen LogP contribution in [0.25, 0.3) is 10.9 Å². The average Bonchev–Trinajstić information content (AvgIpc) is 2.56. The van der Waals surface area contributed by atoms with Crippen LogP contribution >= 0.6 is 0 Å². The summed E-state index contributed by atoms with van der Waals surface area (Å²) in [5, 5.41) is 14.3. The van der Waals surface area contributed by atoms with Crippen LogP contribution in [0, 0.1) is 0 Å². The van der Waals surface area contributed by atoms with Crippen molar-refractivity contribution in [3.8, 4) is 0 Å². The van der Waals surface area contributed by atoms with E-state index >= 15 is 0 Å². The van der Waals surface area contributed by atoms with Crippen LogP contribution in [0.5, 0.6) is 0 Å². The van der Waals surface area contributed by atoms with Gasteiger partial charge in [-0.15, -0.1) is 0 Å². The number of fused-ring (bicyclic) bond motifs is 1. The molecule has 118 valence electrons. The summed E-state index contributed by atoms with van der Waals surface area (Å²) in [4.78, 5) is 8.73. The number of aliphatic hydroxyl groups excluding tert-OH is 1. The minimum absolute atomic E-state index is 0.198. The highest BCUT2D eigenvalue weighted by molar-refractivity contribution is 5.88. The molecule has 0 radical (unpaired) electrons. The molecule has 0 aliphatic carbocycles. The normalized spacial score (nSPS) is 13.7. The van der Waals surface area contributed by atoms with Crippen molar-refractivity contribution >= 4 is 22.7 Å². The van der Waals surface area contributed by atoms with Crippen molar-refractivity contribution in [2.45, 2.75) is 25.5 Å². The van der Waals surface area contributed by atoms with Gasteiger partial charge in [0.2, 0.25) is 5.95 Å². The first-order chi connectivity index (χ1) is 11.1. The Morgan fingerprint density at radius 3 is 2.52 bits per heavy atom. The zero-order valence-electron chi connectivity index (χ0n) is 13.0. The van der Waals surface area contributed by atoms with E-state index in [2.05, 4.69) is 15.3 Å². The maximum atomic E-state index is 10.4. The number of nitrogen functional groups attached to an aromatic ring is 1. The molecule has 0 unspecified atom stereocenters. The molecule has 0 aliphatic rings. The van der Waals surface area contributed by atoms with Crippen molar-refractivity contribution < 1.29 is 5.11 Å². The predicted molar refractivity (Wildman–Crippen MR) is 93.2 cm³/mol. The Balaban J connectivity index is 1.73. The lowest BCUT2D eigenvalue weighted by Crippen LogP contribution is -2.33. The Hall–Kier alpha value is -2.66. The highest BCUT2D eigenvalue weighted by atomic mass is 16.3. The molecule has 4 N–H and O–H groups in total. The van der Waals surface area contributed by atoms with Crippen molar-refractivity contribution in [3.63, 3.8) is 0 Å². The molecule has 3 rings (SSSR count). The first-order valence-electron chi connectivity index (χ1n) is 7.64. The number of hydrogen-bond donors (Lipinski definition) is 3. The minimum atomic E-state index is -0.548. The Kier molecular flexibility index (Phi) is 4.39. The van der Waals surface area contributed by atoms with Gasteiger partial charge in [0.15, 0.2) is 0 Å². The Bertz CT molecular complexity index is 791. The molecule has 0 spiro atoms. The zero-order valence-corrected chi connectivity index (χ0v) is 13.0. The SMILES string of the molecule is C[C@H](Nc1nc(N)c2ccccc2n1)[C@@H](O)Cc1ccccc1. The van der Waals surface area contributed by atoms with E-state index in [1.807, 2.05) is 61.5 Å². The Labute approximate surface area is 135 Å². The molecule has 1 aromatic heterocycles. The highest BCUT2D eigenvalue weighted by Gasteiger charge is 2.16. The number of nitrogens with zero attached hydrogens (tertiary/aromatic N) is 2. The molecule has 3 aromatic rings. The summed E-state index contributed by atoms with van der Waals surface area (Å²) >= 11 is 0. The number of benzene rings is 2.